The molecule has 1 aliphatic rings. The largest absolute Gasteiger partial charge is 0.296 e. The molecule has 0 bridgehead atoms. The number of piperidine rings is 1. The van der Waals surface area contributed by atoms with Crippen molar-refractivity contribution in [3.05, 3.63) is 34.1 Å². The summed E-state index contributed by atoms with van der Waals surface area (Å²) in [6.45, 7) is 4.06. The van der Waals surface area contributed by atoms with Crippen LogP contribution in [0.4, 0.5) is 4.39 Å². The summed E-state index contributed by atoms with van der Waals surface area (Å²) < 4.78 is 14.2. The molecule has 0 radical (unpaired) electrons. The number of hydrogen-bond acceptors (Lipinski definition) is 2. The number of benzene rings is 1. The minimum Gasteiger partial charge on any atom is -0.296 e. The van der Waals surface area contributed by atoms with Gasteiger partial charge in [-0.1, -0.05) is 29.8 Å². The molecule has 2 amide bonds. The molecule has 0 aliphatic carbocycles. The number of nitrogens with one attached hydrogen (secondary N) is 1. The van der Waals surface area contributed by atoms with Crippen LogP contribution in [-0.2, 0) is 9.59 Å². The normalized spacial score (nSPS) is 23.1. The van der Waals surface area contributed by atoms with Gasteiger partial charge in [0.25, 0.3) is 0 Å². The Balaban J connectivity index is 2.40. The molecule has 1 heterocycles. The molecule has 5 heteroatoms. The van der Waals surface area contributed by atoms with Crippen LogP contribution in [0.3, 0.4) is 0 Å². The summed E-state index contributed by atoms with van der Waals surface area (Å²) in [5.41, 5.74) is 0.693. The molecule has 1 aliphatic heterocycles. The van der Waals surface area contributed by atoms with Crippen molar-refractivity contribution in [1.82, 2.24) is 5.32 Å². The number of amides is 2. The van der Waals surface area contributed by atoms with E-state index in [-0.39, 0.29) is 35.9 Å². The Morgan fingerprint density at radius 2 is 2.10 bits per heavy atom. The predicted molar refractivity (Wildman–Crippen MR) is 77.6 cm³/mol. The summed E-state index contributed by atoms with van der Waals surface area (Å²) >= 11 is 3.39. The highest BCUT2D eigenvalue weighted by Crippen LogP contribution is 2.38. The third-order valence-corrected chi connectivity index (χ3v) is 4.30. The van der Waals surface area contributed by atoms with E-state index < -0.39 is 0 Å². The minimum absolute atomic E-state index is 0.213. The molecule has 0 spiro atoms. The van der Waals surface area contributed by atoms with Crippen LogP contribution in [0, 0.1) is 17.7 Å². The maximum absolute atomic E-state index is 13.5. The first-order valence-electron chi connectivity index (χ1n) is 6.67. The molecule has 0 aromatic heterocycles. The van der Waals surface area contributed by atoms with Crippen LogP contribution in [0.1, 0.15) is 38.2 Å². The van der Waals surface area contributed by atoms with Gasteiger partial charge in [0.1, 0.15) is 5.82 Å². The van der Waals surface area contributed by atoms with Gasteiger partial charge < -0.3 is 0 Å². The van der Waals surface area contributed by atoms with Crippen molar-refractivity contribution in [2.24, 2.45) is 11.8 Å². The Bertz CT molecular complexity index is 545. The number of imide groups is 1. The van der Waals surface area contributed by atoms with Crippen LogP contribution >= 0.6 is 15.9 Å². The van der Waals surface area contributed by atoms with Crippen LogP contribution in [-0.4, -0.2) is 11.8 Å². The molecule has 1 saturated heterocycles. The van der Waals surface area contributed by atoms with Crippen molar-refractivity contribution >= 4 is 27.7 Å². The SMILES string of the molecule is CC(C)CC1C(=O)NC(=O)CC1c1cc(F)ccc1Br. The zero-order valence-electron chi connectivity index (χ0n) is 11.5. The Morgan fingerprint density at radius 3 is 2.75 bits per heavy atom. The van der Waals surface area contributed by atoms with Crippen molar-refractivity contribution in [2.45, 2.75) is 32.6 Å². The van der Waals surface area contributed by atoms with Gasteiger partial charge in [0.2, 0.25) is 11.8 Å². The fourth-order valence-corrected chi connectivity index (χ4v) is 3.25. The second kappa shape index (κ2) is 6.04. The number of halogens is 2. The van der Waals surface area contributed by atoms with E-state index in [1.54, 1.807) is 6.07 Å². The van der Waals surface area contributed by atoms with Gasteiger partial charge in [-0.3, -0.25) is 14.9 Å². The number of hydrogen-bond donors (Lipinski definition) is 1. The van der Waals surface area contributed by atoms with Gasteiger partial charge in [-0.25, -0.2) is 4.39 Å². The monoisotopic (exact) mass is 341 g/mol. The summed E-state index contributed by atoms with van der Waals surface area (Å²) in [4.78, 5) is 23.7. The van der Waals surface area contributed by atoms with Crippen molar-refractivity contribution in [3.63, 3.8) is 0 Å². The lowest BCUT2D eigenvalue weighted by Crippen LogP contribution is -2.45. The lowest BCUT2D eigenvalue weighted by molar-refractivity contribution is -0.137. The number of carbonyl (C=O) groups excluding carboxylic acids is 2. The van der Waals surface area contributed by atoms with Crippen LogP contribution < -0.4 is 5.32 Å². The zero-order valence-corrected chi connectivity index (χ0v) is 13.0. The molecule has 2 unspecified atom stereocenters. The lowest BCUT2D eigenvalue weighted by Gasteiger charge is -2.32. The smallest absolute Gasteiger partial charge is 0.230 e. The molecule has 1 aromatic carbocycles. The van der Waals surface area contributed by atoms with E-state index in [4.69, 9.17) is 0 Å². The highest BCUT2D eigenvalue weighted by Gasteiger charge is 2.37. The van der Waals surface area contributed by atoms with E-state index in [1.165, 1.54) is 12.1 Å². The quantitative estimate of drug-likeness (QED) is 0.856. The molecule has 0 saturated carbocycles. The fraction of sp³-hybridized carbons (Fsp3) is 0.467. The average molecular weight is 342 g/mol. The predicted octanol–water partition coefficient (Wildman–Crippen LogP) is 3.38. The van der Waals surface area contributed by atoms with Gasteiger partial charge >= 0.3 is 0 Å². The third kappa shape index (κ3) is 3.26. The fourth-order valence-electron chi connectivity index (χ4n) is 2.71. The molecule has 3 nitrogen and oxygen atoms in total. The summed E-state index contributed by atoms with van der Waals surface area (Å²) in [7, 11) is 0. The summed E-state index contributed by atoms with van der Waals surface area (Å²) in [5, 5.41) is 2.38. The van der Waals surface area contributed by atoms with Crippen molar-refractivity contribution in [2.75, 3.05) is 0 Å². The van der Waals surface area contributed by atoms with E-state index in [2.05, 4.69) is 21.2 Å². The minimum atomic E-state index is -0.357. The molecule has 2 rings (SSSR count). The first-order valence-corrected chi connectivity index (χ1v) is 7.46. The molecule has 1 fully saturated rings. The van der Waals surface area contributed by atoms with Gasteiger partial charge in [-0.05, 0) is 36.1 Å². The molecule has 108 valence electrons. The standard InChI is InChI=1S/C15H17BrFNO2/c1-8(2)5-12-10(7-14(19)18-15(12)20)11-6-9(17)3-4-13(11)16/h3-4,6,8,10,12H,5,7H2,1-2H3,(H,18,19,20). The van der Waals surface area contributed by atoms with Crippen LogP contribution in [0.25, 0.3) is 0 Å². The van der Waals surface area contributed by atoms with E-state index in [9.17, 15) is 14.0 Å². The number of carbonyl (C=O) groups is 2. The van der Waals surface area contributed by atoms with Crippen molar-refractivity contribution < 1.29 is 14.0 Å². The molecule has 2 atom stereocenters. The molecule has 1 N–H and O–H groups in total. The van der Waals surface area contributed by atoms with E-state index >= 15 is 0 Å². The first-order chi connectivity index (χ1) is 9.38. The Hall–Kier alpha value is -1.23. The van der Waals surface area contributed by atoms with Gasteiger partial charge in [0.15, 0.2) is 0 Å². The van der Waals surface area contributed by atoms with Gasteiger partial charge in [0.05, 0.1) is 0 Å². The molecule has 1 aromatic rings. The molecular weight excluding hydrogens is 325 g/mol. The highest BCUT2D eigenvalue weighted by molar-refractivity contribution is 9.10. The van der Waals surface area contributed by atoms with Gasteiger partial charge in [-0.2, -0.15) is 0 Å². The summed E-state index contributed by atoms with van der Waals surface area (Å²) in [6, 6.07) is 4.39. The maximum atomic E-state index is 13.5. The van der Waals surface area contributed by atoms with Crippen LogP contribution in [0.5, 0.6) is 0 Å². The topological polar surface area (TPSA) is 46.2 Å². The highest BCUT2D eigenvalue weighted by atomic mass is 79.9. The van der Waals surface area contributed by atoms with E-state index in [0.29, 0.717) is 17.9 Å². The van der Waals surface area contributed by atoms with Gasteiger partial charge in [-0.15, -0.1) is 0 Å². The Labute approximate surface area is 126 Å². The second-order valence-corrected chi connectivity index (χ2v) is 6.48. The Morgan fingerprint density at radius 1 is 1.40 bits per heavy atom. The Kier molecular flexibility index (Phi) is 4.58. The molecule has 20 heavy (non-hydrogen) atoms. The van der Waals surface area contributed by atoms with E-state index in [1.807, 2.05) is 13.8 Å². The van der Waals surface area contributed by atoms with Crippen LogP contribution in [0.2, 0.25) is 0 Å². The second-order valence-electron chi connectivity index (χ2n) is 5.62. The maximum Gasteiger partial charge on any atom is 0.230 e. The van der Waals surface area contributed by atoms with Crippen LogP contribution in [0.15, 0.2) is 22.7 Å². The van der Waals surface area contributed by atoms with E-state index in [0.717, 1.165) is 4.47 Å². The summed E-state index contributed by atoms with van der Waals surface area (Å²) in [6.07, 6.45) is 0.887. The van der Waals surface area contributed by atoms with Crippen molar-refractivity contribution in [3.8, 4) is 0 Å². The third-order valence-electron chi connectivity index (χ3n) is 3.57. The summed E-state index contributed by atoms with van der Waals surface area (Å²) in [5.74, 6) is -1.15. The first kappa shape index (κ1) is 15.2. The number of rotatable bonds is 3. The lowest BCUT2D eigenvalue weighted by atomic mass is 9.76. The van der Waals surface area contributed by atoms with Crippen molar-refractivity contribution in [1.29, 1.82) is 0 Å². The van der Waals surface area contributed by atoms with Gasteiger partial charge in [0, 0.05) is 22.7 Å². The average Bonchev–Trinajstić information content (AvgIpc) is 2.35. The molecular formula is C15H17BrFNO2. The zero-order chi connectivity index (χ0) is 14.9.